The number of carbonyl (C=O) groups excluding carboxylic acids is 1. The molecule has 3 N–H and O–H groups in total. The zero-order chi connectivity index (χ0) is 31.1. The van der Waals surface area contributed by atoms with Gasteiger partial charge in [-0.05, 0) is 85.9 Å². The third kappa shape index (κ3) is 8.67. The molecule has 11 heteroatoms. The van der Waals surface area contributed by atoms with Gasteiger partial charge in [0.25, 0.3) is 5.91 Å². The van der Waals surface area contributed by atoms with Gasteiger partial charge in [0.2, 0.25) is 10.0 Å². The fraction of sp³-hybridized carbons (Fsp3) is 0.406. The lowest BCUT2D eigenvalue weighted by Gasteiger charge is -2.25. The number of aliphatic hydroxyl groups is 1. The van der Waals surface area contributed by atoms with Crippen molar-refractivity contribution < 1.29 is 27.1 Å². The molecule has 1 saturated heterocycles. The summed E-state index contributed by atoms with van der Waals surface area (Å²) in [6.45, 7) is 4.13. The van der Waals surface area contributed by atoms with Crippen molar-refractivity contribution in [2.24, 2.45) is 0 Å². The molecule has 232 valence electrons. The van der Waals surface area contributed by atoms with Gasteiger partial charge in [-0.2, -0.15) is 4.31 Å². The molecule has 0 spiro atoms. The number of aliphatic hydroxyl groups excluding tert-OH is 1. The molecule has 0 saturated carbocycles. The Labute approximate surface area is 252 Å². The molecule has 0 bridgehead atoms. The van der Waals surface area contributed by atoms with Crippen LogP contribution >= 0.6 is 0 Å². The molecule has 1 fully saturated rings. The fourth-order valence-electron chi connectivity index (χ4n) is 5.33. The molecule has 8 nitrogen and oxygen atoms in total. The van der Waals surface area contributed by atoms with Crippen LogP contribution in [0.4, 0.5) is 8.78 Å². The molecule has 43 heavy (non-hydrogen) atoms. The second-order valence-corrected chi connectivity index (χ2v) is 13.2. The molecule has 4 rings (SSSR count). The molecule has 3 atom stereocenters. The van der Waals surface area contributed by atoms with E-state index in [1.54, 1.807) is 7.05 Å². The summed E-state index contributed by atoms with van der Waals surface area (Å²) < 4.78 is 55.6. The van der Waals surface area contributed by atoms with E-state index in [1.165, 1.54) is 34.1 Å². The van der Waals surface area contributed by atoms with Crippen molar-refractivity contribution in [3.8, 4) is 0 Å². The predicted octanol–water partition coefficient (Wildman–Crippen LogP) is 3.34. The summed E-state index contributed by atoms with van der Waals surface area (Å²) in [6.07, 6.45) is 0.520. The Kier molecular flexibility index (Phi) is 11.0. The number of nitrogens with zero attached hydrogens (tertiary/aromatic N) is 2. The number of halogens is 2. The van der Waals surface area contributed by atoms with Crippen LogP contribution in [0.2, 0.25) is 0 Å². The fourth-order valence-corrected chi connectivity index (χ4v) is 6.71. The minimum Gasteiger partial charge on any atom is -0.390 e. The number of likely N-dealkylation sites (N-methyl/N-ethyl adjacent to an activating group) is 2. The third-order valence-corrected chi connectivity index (χ3v) is 9.84. The van der Waals surface area contributed by atoms with Gasteiger partial charge in [0.05, 0.1) is 17.0 Å². The minimum absolute atomic E-state index is 0.0261. The SMILES string of the molecule is CCc1cccc(CNCC(O)C(Cc2cc(F)cc(F)c2)NC(=O)c2ccc(S(=O)(=O)N(C)C3CCN(C)C3)cc2)c1. The highest BCUT2D eigenvalue weighted by Gasteiger charge is 2.32. The van der Waals surface area contributed by atoms with E-state index in [9.17, 15) is 27.1 Å². The Morgan fingerprint density at radius 2 is 1.72 bits per heavy atom. The summed E-state index contributed by atoms with van der Waals surface area (Å²) in [7, 11) is -0.242. The van der Waals surface area contributed by atoms with Crippen molar-refractivity contribution in [3.63, 3.8) is 0 Å². The normalized spacial score (nSPS) is 17.2. The number of carbonyl (C=O) groups is 1. The monoisotopic (exact) mass is 614 g/mol. The Bertz CT molecular complexity index is 1480. The Morgan fingerprint density at radius 1 is 1.05 bits per heavy atom. The Hall–Kier alpha value is -3.22. The quantitative estimate of drug-likeness (QED) is 0.273. The number of hydrogen-bond donors (Lipinski definition) is 3. The van der Waals surface area contributed by atoms with E-state index in [-0.39, 0.29) is 35.0 Å². The number of nitrogens with one attached hydrogen (secondary N) is 2. The lowest BCUT2D eigenvalue weighted by Crippen LogP contribution is -2.48. The van der Waals surface area contributed by atoms with Gasteiger partial charge in [-0.3, -0.25) is 4.79 Å². The van der Waals surface area contributed by atoms with Crippen LogP contribution in [0.25, 0.3) is 0 Å². The molecule has 1 heterocycles. The van der Waals surface area contributed by atoms with Gasteiger partial charge in [-0.15, -0.1) is 0 Å². The Morgan fingerprint density at radius 3 is 2.35 bits per heavy atom. The standard InChI is InChI=1S/C32H40F2N4O4S/c1-4-22-6-5-7-23(14-22)19-35-20-31(39)30(17-24-15-26(33)18-27(34)16-24)36-32(40)25-8-10-29(11-9-25)43(41,42)38(3)28-12-13-37(2)21-28/h5-11,14-16,18,28,30-31,35,39H,4,12-13,17,19-21H2,1-3H3,(H,36,40). The average Bonchev–Trinajstić information content (AvgIpc) is 3.41. The number of aryl methyl sites for hydroxylation is 1. The lowest BCUT2D eigenvalue weighted by molar-refractivity contribution is 0.0829. The number of likely N-dealkylation sites (tertiary alicyclic amines) is 1. The molecule has 3 unspecified atom stereocenters. The van der Waals surface area contributed by atoms with Gasteiger partial charge in [0.15, 0.2) is 0 Å². The molecule has 1 aliphatic rings. The summed E-state index contributed by atoms with van der Waals surface area (Å²) >= 11 is 0. The van der Waals surface area contributed by atoms with Crippen LogP contribution < -0.4 is 10.6 Å². The van der Waals surface area contributed by atoms with Crippen molar-refractivity contribution >= 4 is 15.9 Å². The van der Waals surface area contributed by atoms with Gasteiger partial charge in [0, 0.05) is 44.4 Å². The van der Waals surface area contributed by atoms with Crippen molar-refractivity contribution in [1.82, 2.24) is 19.8 Å². The maximum Gasteiger partial charge on any atom is 0.251 e. The minimum atomic E-state index is -3.76. The topological polar surface area (TPSA) is 102 Å². The molecule has 1 amide bonds. The van der Waals surface area contributed by atoms with Gasteiger partial charge in [-0.1, -0.05) is 31.2 Å². The molecule has 0 aliphatic carbocycles. The summed E-state index contributed by atoms with van der Waals surface area (Å²) in [5, 5.41) is 17.0. The number of sulfonamides is 1. The van der Waals surface area contributed by atoms with E-state index in [0.717, 1.165) is 43.1 Å². The molecule has 0 radical (unpaired) electrons. The van der Waals surface area contributed by atoms with Gasteiger partial charge in [-0.25, -0.2) is 17.2 Å². The summed E-state index contributed by atoms with van der Waals surface area (Å²) in [6, 6.07) is 15.7. The summed E-state index contributed by atoms with van der Waals surface area (Å²) in [5.74, 6) is -2.06. The van der Waals surface area contributed by atoms with Crippen molar-refractivity contribution in [2.75, 3.05) is 33.7 Å². The second kappa shape index (κ2) is 14.5. The molecule has 3 aromatic carbocycles. The third-order valence-electron chi connectivity index (χ3n) is 7.92. The number of hydrogen-bond acceptors (Lipinski definition) is 6. The molecule has 1 aliphatic heterocycles. The first kappa shape index (κ1) is 32.7. The van der Waals surface area contributed by atoms with E-state index in [1.807, 2.05) is 25.2 Å². The van der Waals surface area contributed by atoms with Crippen LogP contribution in [0.3, 0.4) is 0 Å². The van der Waals surface area contributed by atoms with Crippen molar-refractivity contribution in [2.45, 2.75) is 55.8 Å². The molecular formula is C32H40F2N4O4S. The number of benzene rings is 3. The smallest absolute Gasteiger partial charge is 0.251 e. The highest BCUT2D eigenvalue weighted by molar-refractivity contribution is 7.89. The highest BCUT2D eigenvalue weighted by Crippen LogP contribution is 2.22. The van der Waals surface area contributed by atoms with Gasteiger partial charge < -0.3 is 20.6 Å². The van der Waals surface area contributed by atoms with E-state index in [4.69, 9.17) is 0 Å². The van der Waals surface area contributed by atoms with Gasteiger partial charge >= 0.3 is 0 Å². The molecule has 0 aromatic heterocycles. The first-order valence-corrected chi connectivity index (χ1v) is 15.9. The zero-order valence-electron chi connectivity index (χ0n) is 24.8. The maximum absolute atomic E-state index is 13.9. The first-order chi connectivity index (χ1) is 20.5. The summed E-state index contributed by atoms with van der Waals surface area (Å²) in [4.78, 5) is 15.4. The van der Waals surface area contributed by atoms with Crippen LogP contribution in [0.15, 0.2) is 71.6 Å². The van der Waals surface area contributed by atoms with Crippen LogP contribution in [-0.2, 0) is 29.4 Å². The molecular weight excluding hydrogens is 574 g/mol. The zero-order valence-corrected chi connectivity index (χ0v) is 25.6. The molecule has 3 aromatic rings. The van der Waals surface area contributed by atoms with E-state index in [2.05, 4.69) is 28.5 Å². The maximum atomic E-state index is 13.9. The van der Waals surface area contributed by atoms with Crippen LogP contribution in [-0.4, -0.2) is 80.6 Å². The van der Waals surface area contributed by atoms with Crippen LogP contribution in [0, 0.1) is 11.6 Å². The highest BCUT2D eigenvalue weighted by atomic mass is 32.2. The van der Waals surface area contributed by atoms with E-state index in [0.29, 0.717) is 13.1 Å². The lowest BCUT2D eigenvalue weighted by atomic mass is 10.00. The first-order valence-electron chi connectivity index (χ1n) is 14.5. The van der Waals surface area contributed by atoms with Crippen LogP contribution in [0.1, 0.15) is 40.4 Å². The number of rotatable bonds is 13. The second-order valence-electron chi connectivity index (χ2n) is 11.2. The number of amides is 1. The van der Waals surface area contributed by atoms with E-state index < -0.39 is 39.7 Å². The van der Waals surface area contributed by atoms with Crippen molar-refractivity contribution in [3.05, 3.63) is 101 Å². The van der Waals surface area contributed by atoms with Crippen molar-refractivity contribution in [1.29, 1.82) is 0 Å². The van der Waals surface area contributed by atoms with E-state index >= 15 is 0 Å². The van der Waals surface area contributed by atoms with Crippen LogP contribution in [0.5, 0.6) is 0 Å². The average molecular weight is 615 g/mol. The Balaban J connectivity index is 1.46. The predicted molar refractivity (Wildman–Crippen MR) is 162 cm³/mol. The van der Waals surface area contributed by atoms with Gasteiger partial charge in [0.1, 0.15) is 11.6 Å². The summed E-state index contributed by atoms with van der Waals surface area (Å²) in [5.41, 5.74) is 2.70. The largest absolute Gasteiger partial charge is 0.390 e.